The van der Waals surface area contributed by atoms with Crippen LogP contribution < -0.4 is 4.72 Å². The van der Waals surface area contributed by atoms with E-state index >= 15 is 0 Å². The molecule has 1 saturated heterocycles. The molecule has 0 radical (unpaired) electrons. The molecular formula is C22H28N4O3S. The molecule has 1 atom stereocenters. The fourth-order valence-corrected chi connectivity index (χ4v) is 5.24. The molecular weight excluding hydrogens is 400 g/mol. The van der Waals surface area contributed by atoms with Crippen molar-refractivity contribution in [3.05, 3.63) is 53.9 Å². The molecule has 1 fully saturated rings. The summed E-state index contributed by atoms with van der Waals surface area (Å²) in [5.74, 6) is 0.360. The van der Waals surface area contributed by atoms with Crippen molar-refractivity contribution in [1.29, 1.82) is 5.26 Å². The van der Waals surface area contributed by atoms with E-state index in [1.54, 1.807) is 59.0 Å². The van der Waals surface area contributed by atoms with E-state index in [0.29, 0.717) is 36.8 Å². The van der Waals surface area contributed by atoms with Gasteiger partial charge in [-0.1, -0.05) is 25.1 Å². The van der Waals surface area contributed by atoms with E-state index in [-0.39, 0.29) is 17.2 Å². The van der Waals surface area contributed by atoms with E-state index in [4.69, 9.17) is 0 Å². The Labute approximate surface area is 178 Å². The first-order chi connectivity index (χ1) is 14.3. The number of carbonyl (C=O) groups is 1. The number of nitriles is 1. The van der Waals surface area contributed by atoms with Gasteiger partial charge < -0.3 is 9.47 Å². The summed E-state index contributed by atoms with van der Waals surface area (Å²) in [5, 5.41) is 9.22. The first-order valence-electron chi connectivity index (χ1n) is 10.2. The van der Waals surface area contributed by atoms with Crippen molar-refractivity contribution >= 4 is 15.9 Å². The van der Waals surface area contributed by atoms with Gasteiger partial charge in [0.25, 0.3) is 0 Å². The maximum atomic E-state index is 13.2. The standard InChI is InChI=1S/C22H28N4O3S/c1-17-9-13-26(14-10-17)22(27)20(11-15-25-12-5-7-19(25)16-23)24-30(28,29)21-8-4-3-6-18(21)2/h3-8,12,17,20,24H,9-11,13-15H2,1-2H3. The largest absolute Gasteiger partial charge is 0.341 e. The van der Waals surface area contributed by atoms with Crippen LogP contribution in [0.3, 0.4) is 0 Å². The van der Waals surface area contributed by atoms with Gasteiger partial charge in [-0.2, -0.15) is 9.98 Å². The van der Waals surface area contributed by atoms with Crippen molar-refractivity contribution < 1.29 is 13.2 Å². The molecule has 7 nitrogen and oxygen atoms in total. The number of hydrogen-bond acceptors (Lipinski definition) is 4. The Kier molecular flexibility index (Phi) is 6.95. The van der Waals surface area contributed by atoms with Gasteiger partial charge in [0, 0.05) is 25.8 Å². The third-order valence-corrected chi connectivity index (χ3v) is 7.31. The molecule has 0 saturated carbocycles. The Morgan fingerprint density at radius 1 is 1.23 bits per heavy atom. The minimum atomic E-state index is -3.86. The second-order valence-corrected chi connectivity index (χ2v) is 9.62. The summed E-state index contributed by atoms with van der Waals surface area (Å²) in [6.45, 7) is 5.53. The van der Waals surface area contributed by atoms with Gasteiger partial charge in [0.05, 0.1) is 4.90 Å². The minimum Gasteiger partial charge on any atom is -0.341 e. The highest BCUT2D eigenvalue weighted by Crippen LogP contribution is 2.20. The quantitative estimate of drug-likeness (QED) is 0.733. The van der Waals surface area contributed by atoms with Gasteiger partial charge in [-0.3, -0.25) is 4.79 Å². The zero-order valence-electron chi connectivity index (χ0n) is 17.4. The van der Waals surface area contributed by atoms with Gasteiger partial charge in [0.1, 0.15) is 17.8 Å². The lowest BCUT2D eigenvalue weighted by Crippen LogP contribution is -2.51. The molecule has 30 heavy (non-hydrogen) atoms. The molecule has 8 heteroatoms. The molecule has 1 aliphatic heterocycles. The fourth-order valence-electron chi connectivity index (χ4n) is 3.77. The maximum Gasteiger partial charge on any atom is 0.241 e. The summed E-state index contributed by atoms with van der Waals surface area (Å²) in [7, 11) is -3.86. The average Bonchev–Trinajstić information content (AvgIpc) is 3.19. The highest BCUT2D eigenvalue weighted by molar-refractivity contribution is 7.89. The molecule has 1 amide bonds. The van der Waals surface area contributed by atoms with Crippen molar-refractivity contribution in [3.63, 3.8) is 0 Å². The van der Waals surface area contributed by atoms with Gasteiger partial charge in [0.2, 0.25) is 15.9 Å². The van der Waals surface area contributed by atoms with E-state index in [1.807, 2.05) is 0 Å². The number of carbonyl (C=O) groups excluding carboxylic acids is 1. The second-order valence-electron chi connectivity index (χ2n) is 7.93. The predicted molar refractivity (Wildman–Crippen MR) is 114 cm³/mol. The Morgan fingerprint density at radius 3 is 2.60 bits per heavy atom. The van der Waals surface area contributed by atoms with Gasteiger partial charge >= 0.3 is 0 Å². The van der Waals surface area contributed by atoms with Gasteiger partial charge in [-0.05, 0) is 55.9 Å². The number of hydrogen-bond donors (Lipinski definition) is 1. The normalized spacial score (nSPS) is 16.2. The van der Waals surface area contributed by atoms with Crippen LogP contribution in [0.1, 0.15) is 37.4 Å². The van der Waals surface area contributed by atoms with Crippen molar-refractivity contribution in [2.24, 2.45) is 5.92 Å². The lowest BCUT2D eigenvalue weighted by molar-refractivity contribution is -0.134. The molecule has 1 aromatic heterocycles. The average molecular weight is 429 g/mol. The summed E-state index contributed by atoms with van der Waals surface area (Å²) >= 11 is 0. The lowest BCUT2D eigenvalue weighted by Gasteiger charge is -2.33. The molecule has 0 spiro atoms. The highest BCUT2D eigenvalue weighted by atomic mass is 32.2. The topological polar surface area (TPSA) is 95.2 Å². The van der Waals surface area contributed by atoms with Gasteiger partial charge in [0.15, 0.2) is 0 Å². The fraction of sp³-hybridized carbons (Fsp3) is 0.455. The van der Waals surface area contributed by atoms with E-state index in [2.05, 4.69) is 17.7 Å². The van der Waals surface area contributed by atoms with Crippen molar-refractivity contribution in [2.75, 3.05) is 13.1 Å². The first kappa shape index (κ1) is 22.1. The van der Waals surface area contributed by atoms with Crippen molar-refractivity contribution in [3.8, 4) is 6.07 Å². The maximum absolute atomic E-state index is 13.2. The van der Waals surface area contributed by atoms with Crippen molar-refractivity contribution in [2.45, 2.75) is 50.6 Å². The van der Waals surface area contributed by atoms with Crippen LogP contribution in [0.5, 0.6) is 0 Å². The van der Waals surface area contributed by atoms with Crippen LogP contribution in [0.2, 0.25) is 0 Å². The molecule has 3 rings (SSSR count). The van der Waals surface area contributed by atoms with Crippen LogP contribution in [0.25, 0.3) is 0 Å². The summed E-state index contributed by atoms with van der Waals surface area (Å²) in [6.07, 6.45) is 3.86. The third-order valence-electron chi connectivity index (χ3n) is 5.68. The summed E-state index contributed by atoms with van der Waals surface area (Å²) in [4.78, 5) is 15.2. The predicted octanol–water partition coefficient (Wildman–Crippen LogP) is 2.66. The number of nitrogens with zero attached hydrogens (tertiary/aromatic N) is 3. The summed E-state index contributed by atoms with van der Waals surface area (Å²) in [6, 6.07) is 11.4. The molecule has 2 heterocycles. The number of sulfonamides is 1. The Hall–Kier alpha value is -2.63. The number of benzene rings is 1. The van der Waals surface area contributed by atoms with Crippen molar-refractivity contribution in [1.82, 2.24) is 14.2 Å². The second kappa shape index (κ2) is 9.45. The van der Waals surface area contributed by atoms with Crippen LogP contribution in [0.4, 0.5) is 0 Å². The Bertz CT molecular complexity index is 1030. The number of aryl methyl sites for hydroxylation is 2. The minimum absolute atomic E-state index is 0.175. The number of nitrogens with one attached hydrogen (secondary N) is 1. The third kappa shape index (κ3) is 5.10. The van der Waals surface area contributed by atoms with Crippen LogP contribution in [-0.2, 0) is 21.4 Å². The number of piperidine rings is 1. The molecule has 0 bridgehead atoms. The van der Waals surface area contributed by atoms with E-state index in [9.17, 15) is 18.5 Å². The Morgan fingerprint density at radius 2 is 1.93 bits per heavy atom. The molecule has 1 aromatic carbocycles. The SMILES string of the molecule is Cc1ccccc1S(=O)(=O)NC(CCn1cccc1C#N)C(=O)N1CCC(C)CC1. The van der Waals surface area contributed by atoms with Crippen LogP contribution in [-0.4, -0.2) is 42.9 Å². The van der Waals surface area contributed by atoms with E-state index in [1.165, 1.54) is 0 Å². The molecule has 160 valence electrons. The first-order valence-corrected chi connectivity index (χ1v) is 11.7. The number of likely N-dealkylation sites (tertiary alicyclic amines) is 1. The van der Waals surface area contributed by atoms with E-state index < -0.39 is 16.1 Å². The van der Waals surface area contributed by atoms with Gasteiger partial charge in [-0.15, -0.1) is 0 Å². The lowest BCUT2D eigenvalue weighted by atomic mass is 9.98. The van der Waals surface area contributed by atoms with Crippen LogP contribution >= 0.6 is 0 Å². The van der Waals surface area contributed by atoms with E-state index in [0.717, 1.165) is 12.8 Å². The number of amides is 1. The zero-order chi connectivity index (χ0) is 21.7. The monoisotopic (exact) mass is 428 g/mol. The van der Waals surface area contributed by atoms with Crippen LogP contribution in [0, 0.1) is 24.2 Å². The summed E-state index contributed by atoms with van der Waals surface area (Å²) in [5.41, 5.74) is 1.11. The number of aromatic nitrogens is 1. The molecule has 1 unspecified atom stereocenters. The smallest absolute Gasteiger partial charge is 0.241 e. The highest BCUT2D eigenvalue weighted by Gasteiger charge is 2.31. The zero-order valence-corrected chi connectivity index (χ0v) is 18.2. The van der Waals surface area contributed by atoms with Crippen LogP contribution in [0.15, 0.2) is 47.5 Å². The van der Waals surface area contributed by atoms with Gasteiger partial charge in [-0.25, -0.2) is 8.42 Å². The Balaban J connectivity index is 1.82. The number of rotatable bonds is 7. The summed E-state index contributed by atoms with van der Waals surface area (Å²) < 4.78 is 30.5. The molecule has 0 aliphatic carbocycles. The molecule has 1 aliphatic rings. The molecule has 1 N–H and O–H groups in total. The molecule has 2 aromatic rings.